The maximum Gasteiger partial charge on any atom is 0.0843 e. The van der Waals surface area contributed by atoms with E-state index in [2.05, 4.69) is 94.8 Å². The first kappa shape index (κ1) is 21.4. The second-order valence-corrected chi connectivity index (χ2v) is 8.33. The van der Waals surface area contributed by atoms with E-state index in [4.69, 9.17) is 5.11 Å². The van der Waals surface area contributed by atoms with E-state index < -0.39 is 6.10 Å². The van der Waals surface area contributed by atoms with E-state index in [-0.39, 0.29) is 6.61 Å². The van der Waals surface area contributed by atoms with Crippen molar-refractivity contribution in [3.8, 4) is 22.4 Å². The molecule has 0 spiro atoms. The smallest absolute Gasteiger partial charge is 0.0843 e. The molecule has 0 amide bonds. The van der Waals surface area contributed by atoms with E-state index in [1.807, 2.05) is 12.1 Å². The van der Waals surface area contributed by atoms with Crippen LogP contribution in [0.3, 0.4) is 0 Å². The van der Waals surface area contributed by atoms with Crippen LogP contribution in [0.1, 0.15) is 0 Å². The van der Waals surface area contributed by atoms with Gasteiger partial charge in [-0.1, -0.05) is 97.1 Å². The van der Waals surface area contributed by atoms with Gasteiger partial charge in [-0.25, -0.2) is 0 Å². The Morgan fingerprint density at radius 2 is 1.39 bits per heavy atom. The quantitative estimate of drug-likeness (QED) is 0.298. The highest BCUT2D eigenvalue weighted by atomic mass is 16.3. The van der Waals surface area contributed by atoms with Crippen LogP contribution in [-0.4, -0.2) is 40.6 Å². The molecule has 1 aromatic heterocycles. The van der Waals surface area contributed by atoms with Crippen LogP contribution in [0, 0.1) is 0 Å². The Morgan fingerprint density at radius 3 is 2.12 bits per heavy atom. The lowest BCUT2D eigenvalue weighted by atomic mass is 9.97. The van der Waals surface area contributed by atoms with Crippen molar-refractivity contribution >= 4 is 21.7 Å². The van der Waals surface area contributed by atoms with Crippen molar-refractivity contribution in [3.05, 3.63) is 97.1 Å². The summed E-state index contributed by atoms with van der Waals surface area (Å²) in [7, 11) is 0. The van der Waals surface area contributed by atoms with Crippen LogP contribution in [-0.2, 0) is 6.54 Å². The summed E-state index contributed by atoms with van der Waals surface area (Å²) in [4.78, 5) is 0. The standard InChI is InChI=1S/C29H28N2O2/c32-18-17-30-19-24(33)20-31-28(23-12-5-2-6-13-23)27(22-10-3-1-4-11-22)26-16-15-21-9-7-8-14-25(21)29(26)31/h1-16,24,30,32-33H,17-20H2/t24-/m0/s1. The molecular formula is C29H28N2O2. The second kappa shape index (κ2) is 9.59. The molecule has 0 unspecified atom stereocenters. The number of fused-ring (bicyclic) bond motifs is 3. The lowest BCUT2D eigenvalue weighted by molar-refractivity contribution is 0.151. The van der Waals surface area contributed by atoms with Gasteiger partial charge in [-0.05, 0) is 16.5 Å². The summed E-state index contributed by atoms with van der Waals surface area (Å²) in [5.74, 6) is 0. The van der Waals surface area contributed by atoms with Crippen molar-refractivity contribution < 1.29 is 10.2 Å². The molecule has 1 heterocycles. The Labute approximate surface area is 193 Å². The number of aliphatic hydroxyl groups is 2. The van der Waals surface area contributed by atoms with Crippen molar-refractivity contribution in [2.75, 3.05) is 19.7 Å². The van der Waals surface area contributed by atoms with Crippen molar-refractivity contribution in [3.63, 3.8) is 0 Å². The first-order valence-corrected chi connectivity index (χ1v) is 11.4. The molecule has 3 N–H and O–H groups in total. The molecular weight excluding hydrogens is 408 g/mol. The SMILES string of the molecule is OCCNC[C@H](O)Cn1c(-c2ccccc2)c(-c2ccccc2)c2ccc3ccccc3c21. The fraction of sp³-hybridized carbons (Fsp3) is 0.172. The largest absolute Gasteiger partial charge is 0.395 e. The van der Waals surface area contributed by atoms with Crippen molar-refractivity contribution in [2.45, 2.75) is 12.6 Å². The number of aliphatic hydroxyl groups excluding tert-OH is 2. The highest BCUT2D eigenvalue weighted by molar-refractivity contribution is 6.15. The van der Waals surface area contributed by atoms with Crippen molar-refractivity contribution in [1.82, 2.24) is 9.88 Å². The molecule has 0 bridgehead atoms. The fourth-order valence-corrected chi connectivity index (χ4v) is 4.72. The minimum absolute atomic E-state index is 0.0528. The topological polar surface area (TPSA) is 57.4 Å². The van der Waals surface area contributed by atoms with E-state index in [9.17, 15) is 5.11 Å². The Bertz CT molecular complexity index is 1360. The van der Waals surface area contributed by atoms with Crippen LogP contribution in [0.5, 0.6) is 0 Å². The lowest BCUT2D eigenvalue weighted by Gasteiger charge is -2.18. The number of rotatable bonds is 8. The summed E-state index contributed by atoms with van der Waals surface area (Å²) in [5.41, 5.74) is 5.69. The van der Waals surface area contributed by atoms with E-state index >= 15 is 0 Å². The third kappa shape index (κ3) is 4.16. The first-order chi connectivity index (χ1) is 16.3. The zero-order valence-corrected chi connectivity index (χ0v) is 18.5. The second-order valence-electron chi connectivity index (χ2n) is 8.33. The van der Waals surface area contributed by atoms with Gasteiger partial charge in [0.2, 0.25) is 0 Å². The van der Waals surface area contributed by atoms with Gasteiger partial charge in [-0.2, -0.15) is 0 Å². The summed E-state index contributed by atoms with van der Waals surface area (Å²) >= 11 is 0. The minimum Gasteiger partial charge on any atom is -0.395 e. The number of nitrogens with one attached hydrogen (secondary N) is 1. The van der Waals surface area contributed by atoms with E-state index in [1.165, 1.54) is 21.7 Å². The Balaban J connectivity index is 1.82. The summed E-state index contributed by atoms with van der Waals surface area (Å²) < 4.78 is 2.28. The van der Waals surface area contributed by atoms with Gasteiger partial charge in [0, 0.05) is 29.4 Å². The molecule has 1 atom stereocenters. The molecule has 166 valence electrons. The Hall–Kier alpha value is -3.44. The van der Waals surface area contributed by atoms with Crippen LogP contribution >= 0.6 is 0 Å². The van der Waals surface area contributed by atoms with Gasteiger partial charge in [0.05, 0.1) is 30.5 Å². The highest BCUT2D eigenvalue weighted by Crippen LogP contribution is 2.43. The monoisotopic (exact) mass is 436 g/mol. The van der Waals surface area contributed by atoms with Crippen LogP contribution in [0.2, 0.25) is 0 Å². The maximum atomic E-state index is 10.9. The van der Waals surface area contributed by atoms with Gasteiger partial charge < -0.3 is 20.1 Å². The van der Waals surface area contributed by atoms with Gasteiger partial charge in [0.1, 0.15) is 0 Å². The average molecular weight is 437 g/mol. The van der Waals surface area contributed by atoms with Crippen molar-refractivity contribution in [2.24, 2.45) is 0 Å². The molecule has 0 fully saturated rings. The zero-order valence-electron chi connectivity index (χ0n) is 18.5. The molecule has 33 heavy (non-hydrogen) atoms. The van der Waals surface area contributed by atoms with Gasteiger partial charge in [0.25, 0.3) is 0 Å². The molecule has 4 nitrogen and oxygen atoms in total. The lowest BCUT2D eigenvalue weighted by Crippen LogP contribution is -2.32. The number of nitrogens with zero attached hydrogens (tertiary/aromatic N) is 1. The molecule has 0 saturated heterocycles. The summed E-state index contributed by atoms with van der Waals surface area (Å²) in [6.45, 7) is 1.38. The van der Waals surface area contributed by atoms with Crippen LogP contribution < -0.4 is 5.32 Å². The number of hydrogen-bond donors (Lipinski definition) is 3. The average Bonchev–Trinajstić information content (AvgIpc) is 3.19. The molecule has 5 aromatic rings. The highest BCUT2D eigenvalue weighted by Gasteiger charge is 2.23. The zero-order chi connectivity index (χ0) is 22.6. The predicted molar refractivity (Wildman–Crippen MR) is 136 cm³/mol. The van der Waals surface area contributed by atoms with E-state index in [0.717, 1.165) is 22.3 Å². The molecule has 0 aliphatic heterocycles. The van der Waals surface area contributed by atoms with Crippen LogP contribution in [0.4, 0.5) is 0 Å². The van der Waals surface area contributed by atoms with Gasteiger partial charge in [-0.15, -0.1) is 0 Å². The third-order valence-corrected chi connectivity index (χ3v) is 6.12. The van der Waals surface area contributed by atoms with Crippen LogP contribution in [0.25, 0.3) is 44.1 Å². The van der Waals surface area contributed by atoms with Crippen molar-refractivity contribution in [1.29, 1.82) is 0 Å². The number of aromatic nitrogens is 1. The normalized spacial score (nSPS) is 12.4. The van der Waals surface area contributed by atoms with Gasteiger partial charge >= 0.3 is 0 Å². The Morgan fingerprint density at radius 1 is 0.727 bits per heavy atom. The maximum absolute atomic E-state index is 10.9. The first-order valence-electron chi connectivity index (χ1n) is 11.4. The summed E-state index contributed by atoms with van der Waals surface area (Å²) in [6, 6.07) is 33.7. The molecule has 0 aliphatic carbocycles. The fourth-order valence-electron chi connectivity index (χ4n) is 4.72. The molecule has 0 aliphatic rings. The molecule has 4 aromatic carbocycles. The summed E-state index contributed by atoms with van der Waals surface area (Å²) in [6.07, 6.45) is -0.600. The van der Waals surface area contributed by atoms with E-state index in [0.29, 0.717) is 19.6 Å². The summed E-state index contributed by atoms with van der Waals surface area (Å²) in [5, 5.41) is 26.7. The molecule has 0 radical (unpaired) electrons. The van der Waals surface area contributed by atoms with E-state index in [1.54, 1.807) is 0 Å². The predicted octanol–water partition coefficient (Wildman–Crippen LogP) is 5.07. The molecule has 4 heteroatoms. The number of hydrogen-bond acceptors (Lipinski definition) is 3. The van der Waals surface area contributed by atoms with Gasteiger partial charge in [0.15, 0.2) is 0 Å². The number of benzene rings is 4. The molecule has 5 rings (SSSR count). The van der Waals surface area contributed by atoms with Gasteiger partial charge in [-0.3, -0.25) is 0 Å². The Kier molecular flexibility index (Phi) is 6.22. The molecule has 0 saturated carbocycles. The van der Waals surface area contributed by atoms with Crippen LogP contribution in [0.15, 0.2) is 97.1 Å². The third-order valence-electron chi connectivity index (χ3n) is 6.12. The minimum atomic E-state index is -0.600.